The van der Waals surface area contributed by atoms with E-state index in [2.05, 4.69) is 26.0 Å². The number of aryl methyl sites for hydroxylation is 1. The van der Waals surface area contributed by atoms with E-state index < -0.39 is 6.10 Å². The second-order valence-corrected chi connectivity index (χ2v) is 6.57. The Morgan fingerprint density at radius 1 is 1.28 bits per heavy atom. The quantitative estimate of drug-likeness (QED) is 0.312. The lowest BCUT2D eigenvalue weighted by Crippen LogP contribution is -2.38. The van der Waals surface area contributed by atoms with Crippen molar-refractivity contribution in [3.8, 4) is 0 Å². The van der Waals surface area contributed by atoms with Crippen LogP contribution >= 0.6 is 35.3 Å². The minimum absolute atomic E-state index is 0. The van der Waals surface area contributed by atoms with Crippen molar-refractivity contribution in [1.29, 1.82) is 0 Å². The molecule has 0 aliphatic heterocycles. The molecule has 1 aromatic heterocycles. The van der Waals surface area contributed by atoms with Crippen molar-refractivity contribution < 1.29 is 5.11 Å². The summed E-state index contributed by atoms with van der Waals surface area (Å²) in [7, 11) is 0. The first-order valence-corrected chi connectivity index (χ1v) is 9.23. The van der Waals surface area contributed by atoms with E-state index in [9.17, 15) is 5.11 Å². The predicted molar refractivity (Wildman–Crippen MR) is 116 cm³/mol. The first kappa shape index (κ1) is 21.9. The Morgan fingerprint density at radius 3 is 2.68 bits per heavy atom. The smallest absolute Gasteiger partial charge is 0.191 e. The number of aliphatic imine (C=N–C) groups is 1. The third-order valence-electron chi connectivity index (χ3n) is 3.54. The van der Waals surface area contributed by atoms with E-state index >= 15 is 0 Å². The van der Waals surface area contributed by atoms with Crippen LogP contribution in [-0.4, -0.2) is 35.7 Å². The van der Waals surface area contributed by atoms with E-state index in [1.807, 2.05) is 44.2 Å². The molecule has 0 fully saturated rings. The number of thiazole rings is 1. The lowest BCUT2D eigenvalue weighted by Gasteiger charge is -2.12. The first-order valence-electron chi connectivity index (χ1n) is 8.35. The largest absolute Gasteiger partial charge is 0.388 e. The van der Waals surface area contributed by atoms with E-state index in [0.29, 0.717) is 13.0 Å². The Hall–Kier alpha value is -1.19. The van der Waals surface area contributed by atoms with Gasteiger partial charge in [0.1, 0.15) is 0 Å². The standard InChI is InChI=1S/C18H26N4OS.HI/c1-3-19-18(20-11-9-16-13-24-14(2)22-16)21-12-10-17(23)15-7-5-4-6-8-15;/h4-8,13,17,23H,3,9-12H2,1-2H3,(H2,19,20,21);1H. The second kappa shape index (κ2) is 12.2. The number of nitrogens with one attached hydrogen (secondary N) is 2. The molecule has 7 heteroatoms. The summed E-state index contributed by atoms with van der Waals surface area (Å²) in [6.45, 7) is 6.23. The highest BCUT2D eigenvalue weighted by Gasteiger charge is 2.06. The summed E-state index contributed by atoms with van der Waals surface area (Å²) < 4.78 is 0. The van der Waals surface area contributed by atoms with Crippen LogP contribution in [0.15, 0.2) is 40.7 Å². The van der Waals surface area contributed by atoms with Crippen molar-refractivity contribution in [2.75, 3.05) is 19.6 Å². The first-order chi connectivity index (χ1) is 11.7. The molecule has 1 unspecified atom stereocenters. The lowest BCUT2D eigenvalue weighted by atomic mass is 10.1. The van der Waals surface area contributed by atoms with Crippen molar-refractivity contribution in [2.45, 2.75) is 32.8 Å². The van der Waals surface area contributed by atoms with Gasteiger partial charge in [-0.2, -0.15) is 0 Å². The number of guanidine groups is 1. The average molecular weight is 474 g/mol. The minimum Gasteiger partial charge on any atom is -0.388 e. The molecule has 0 radical (unpaired) electrons. The zero-order valence-electron chi connectivity index (χ0n) is 14.7. The molecule has 5 nitrogen and oxygen atoms in total. The van der Waals surface area contributed by atoms with Crippen molar-refractivity contribution in [1.82, 2.24) is 15.6 Å². The summed E-state index contributed by atoms with van der Waals surface area (Å²) in [5.74, 6) is 0.782. The van der Waals surface area contributed by atoms with Crippen LogP contribution < -0.4 is 10.6 Å². The van der Waals surface area contributed by atoms with Crippen molar-refractivity contribution in [3.63, 3.8) is 0 Å². The second-order valence-electron chi connectivity index (χ2n) is 5.51. The SMILES string of the molecule is CCNC(=NCCC(O)c1ccccc1)NCCc1csc(C)n1.I. The van der Waals surface area contributed by atoms with Crippen molar-refractivity contribution >= 4 is 41.3 Å². The summed E-state index contributed by atoms with van der Waals surface area (Å²) in [5.41, 5.74) is 2.05. The number of benzene rings is 1. The molecule has 2 aromatic rings. The molecule has 0 bridgehead atoms. The Morgan fingerprint density at radius 2 is 2.04 bits per heavy atom. The molecule has 3 N–H and O–H groups in total. The van der Waals surface area contributed by atoms with E-state index in [1.54, 1.807) is 11.3 Å². The molecular weight excluding hydrogens is 447 g/mol. The van der Waals surface area contributed by atoms with Crippen LogP contribution in [0.25, 0.3) is 0 Å². The number of aromatic nitrogens is 1. The predicted octanol–water partition coefficient (Wildman–Crippen LogP) is 3.29. The van der Waals surface area contributed by atoms with Crippen LogP contribution in [0.1, 0.15) is 35.7 Å². The monoisotopic (exact) mass is 474 g/mol. The minimum atomic E-state index is -0.476. The molecule has 0 saturated carbocycles. The van der Waals surface area contributed by atoms with Gasteiger partial charge in [0.05, 0.1) is 16.8 Å². The molecule has 0 aliphatic rings. The third-order valence-corrected chi connectivity index (χ3v) is 4.36. The summed E-state index contributed by atoms with van der Waals surface area (Å²) in [5, 5.41) is 19.9. The van der Waals surface area contributed by atoms with Crippen LogP contribution in [0, 0.1) is 6.92 Å². The highest BCUT2D eigenvalue weighted by atomic mass is 127. The molecule has 138 valence electrons. The zero-order chi connectivity index (χ0) is 17.2. The Bertz CT molecular complexity index is 633. The molecule has 2 rings (SSSR count). The van der Waals surface area contributed by atoms with E-state index in [0.717, 1.165) is 41.7 Å². The van der Waals surface area contributed by atoms with E-state index in [4.69, 9.17) is 0 Å². The summed E-state index contributed by atoms with van der Waals surface area (Å²) in [6.07, 6.45) is 1.00. The number of hydrogen-bond acceptors (Lipinski definition) is 4. The summed E-state index contributed by atoms with van der Waals surface area (Å²) in [4.78, 5) is 8.99. The van der Waals surface area contributed by atoms with E-state index in [1.165, 1.54) is 0 Å². The molecular formula is C18H27IN4OS. The van der Waals surface area contributed by atoms with Crippen molar-refractivity contribution in [2.24, 2.45) is 4.99 Å². The number of aliphatic hydroxyl groups is 1. The molecule has 1 atom stereocenters. The fourth-order valence-electron chi connectivity index (χ4n) is 2.31. The van der Waals surface area contributed by atoms with Gasteiger partial charge in [-0.25, -0.2) is 4.98 Å². The molecule has 25 heavy (non-hydrogen) atoms. The van der Waals surface area contributed by atoms with Gasteiger partial charge < -0.3 is 15.7 Å². The lowest BCUT2D eigenvalue weighted by molar-refractivity contribution is 0.170. The maximum atomic E-state index is 10.2. The molecule has 0 amide bonds. The summed E-state index contributed by atoms with van der Waals surface area (Å²) in [6, 6.07) is 9.70. The number of halogens is 1. The van der Waals surface area contributed by atoms with Gasteiger partial charge in [-0.05, 0) is 25.8 Å². The zero-order valence-corrected chi connectivity index (χ0v) is 17.9. The van der Waals surface area contributed by atoms with Crippen LogP contribution in [0.3, 0.4) is 0 Å². The van der Waals surface area contributed by atoms with Gasteiger partial charge in [-0.15, -0.1) is 35.3 Å². The van der Waals surface area contributed by atoms with Gasteiger partial charge in [-0.1, -0.05) is 30.3 Å². The third kappa shape index (κ3) is 8.15. The Labute approximate surface area is 171 Å². The molecule has 0 spiro atoms. The fourth-order valence-corrected chi connectivity index (χ4v) is 2.96. The number of aliphatic hydroxyl groups excluding tert-OH is 1. The molecule has 0 saturated heterocycles. The van der Waals surface area contributed by atoms with Gasteiger partial charge in [-0.3, -0.25) is 4.99 Å². The van der Waals surface area contributed by atoms with Crippen LogP contribution in [-0.2, 0) is 6.42 Å². The van der Waals surface area contributed by atoms with Gasteiger partial charge in [0, 0.05) is 31.4 Å². The van der Waals surface area contributed by atoms with Crippen LogP contribution in [0.4, 0.5) is 0 Å². The van der Waals surface area contributed by atoms with E-state index in [-0.39, 0.29) is 24.0 Å². The highest BCUT2D eigenvalue weighted by molar-refractivity contribution is 14.0. The molecule has 1 aromatic carbocycles. The van der Waals surface area contributed by atoms with Crippen LogP contribution in [0.2, 0.25) is 0 Å². The topological polar surface area (TPSA) is 69.5 Å². The number of hydrogen-bond donors (Lipinski definition) is 3. The highest BCUT2D eigenvalue weighted by Crippen LogP contribution is 2.15. The molecule has 1 heterocycles. The van der Waals surface area contributed by atoms with Gasteiger partial charge >= 0.3 is 0 Å². The maximum absolute atomic E-state index is 10.2. The number of nitrogens with zero attached hydrogens (tertiary/aromatic N) is 2. The maximum Gasteiger partial charge on any atom is 0.191 e. The normalized spacial score (nSPS) is 12.4. The fraction of sp³-hybridized carbons (Fsp3) is 0.444. The van der Waals surface area contributed by atoms with Crippen LogP contribution in [0.5, 0.6) is 0 Å². The molecule has 0 aliphatic carbocycles. The van der Waals surface area contributed by atoms with Gasteiger partial charge in [0.2, 0.25) is 0 Å². The Kier molecular flexibility index (Phi) is 10.7. The van der Waals surface area contributed by atoms with Gasteiger partial charge in [0.25, 0.3) is 0 Å². The Balaban J connectivity index is 0.00000312. The van der Waals surface area contributed by atoms with Crippen molar-refractivity contribution in [3.05, 3.63) is 52.0 Å². The average Bonchev–Trinajstić information content (AvgIpc) is 3.01. The summed E-state index contributed by atoms with van der Waals surface area (Å²) >= 11 is 1.68. The number of rotatable bonds is 8. The van der Waals surface area contributed by atoms with Gasteiger partial charge in [0.15, 0.2) is 5.96 Å².